The molecule has 142 valence electrons. The molecule has 1 rings (SSSR count). The minimum absolute atomic E-state index is 0.128. The molecule has 25 heavy (non-hydrogen) atoms. The van der Waals surface area contributed by atoms with Crippen molar-refractivity contribution in [3.8, 4) is 0 Å². The van der Waals surface area contributed by atoms with Gasteiger partial charge < -0.3 is 9.26 Å². The van der Waals surface area contributed by atoms with Crippen LogP contribution in [-0.2, 0) is 28.4 Å². The molecule has 4 N–H and O–H groups in total. The molecule has 0 aromatic rings. The lowest BCUT2D eigenvalue weighted by atomic mass is 10.2. The van der Waals surface area contributed by atoms with Crippen LogP contribution in [0.4, 0.5) is 0 Å². The molecular formula is C13H20Cl2N3O6P. The molecule has 1 aliphatic rings. The zero-order chi connectivity index (χ0) is 19.5. The quantitative estimate of drug-likeness (QED) is 0.114. The molecule has 0 bridgehead atoms. The summed E-state index contributed by atoms with van der Waals surface area (Å²) in [6.45, 7) is 1.66. The molecule has 1 heterocycles. The van der Waals surface area contributed by atoms with Crippen molar-refractivity contribution in [1.29, 1.82) is 0 Å². The van der Waals surface area contributed by atoms with Gasteiger partial charge in [-0.3, -0.25) is 35.5 Å². The average Bonchev–Trinajstić information content (AvgIpc) is 2.77. The third kappa shape index (κ3) is 12.7. The first-order valence-electron chi connectivity index (χ1n) is 7.12. The lowest BCUT2D eigenvalue weighted by molar-refractivity contribution is -0.151. The predicted molar refractivity (Wildman–Crippen MR) is 93.3 cm³/mol. The van der Waals surface area contributed by atoms with Crippen molar-refractivity contribution >= 4 is 54.8 Å². The zero-order valence-electron chi connectivity index (χ0n) is 13.5. The Bertz CT molecular complexity index is 506. The molecule has 0 aromatic carbocycles. The van der Waals surface area contributed by atoms with E-state index in [1.54, 1.807) is 0 Å². The van der Waals surface area contributed by atoms with Crippen molar-refractivity contribution < 1.29 is 28.4 Å². The second kappa shape index (κ2) is 12.2. The maximum Gasteiger partial charge on any atom is 0.309 e. The molecule has 2 amide bonds. The summed E-state index contributed by atoms with van der Waals surface area (Å²) in [6, 6.07) is 0. The summed E-state index contributed by atoms with van der Waals surface area (Å²) in [5.74, 6) is -1.52. The number of carbonyl (C=O) groups excluding carboxylic acids is 4. The summed E-state index contributed by atoms with van der Waals surface area (Å²) in [4.78, 5) is 44.5. The van der Waals surface area contributed by atoms with Crippen LogP contribution >= 0.6 is 31.0 Å². The molecule has 0 fully saturated rings. The van der Waals surface area contributed by atoms with Crippen LogP contribution in [0.2, 0.25) is 0 Å². The number of rotatable bonds is 8. The maximum atomic E-state index is 11.2. The number of carbonyl (C=O) groups is 4. The number of halogens is 2. The van der Waals surface area contributed by atoms with E-state index in [-0.39, 0.29) is 32.4 Å². The fourth-order valence-electron chi connectivity index (χ4n) is 1.65. The van der Waals surface area contributed by atoms with Crippen LogP contribution in [0.3, 0.4) is 0 Å². The summed E-state index contributed by atoms with van der Waals surface area (Å²) < 4.78 is 8.70. The minimum Gasteiger partial charge on any atom is -0.431 e. The first-order chi connectivity index (χ1) is 11.6. The fraction of sp³-hybridized carbons (Fsp3) is 0.538. The molecular weight excluding hydrogens is 396 g/mol. The van der Waals surface area contributed by atoms with Crippen LogP contribution in [0, 0.1) is 0 Å². The van der Waals surface area contributed by atoms with E-state index in [0.717, 1.165) is 4.90 Å². The Morgan fingerprint density at radius 3 is 2.16 bits per heavy atom. The van der Waals surface area contributed by atoms with E-state index in [9.17, 15) is 19.2 Å². The van der Waals surface area contributed by atoms with E-state index >= 15 is 0 Å². The van der Waals surface area contributed by atoms with Gasteiger partial charge in [-0.1, -0.05) is 17.7 Å². The predicted octanol–water partition coefficient (Wildman–Crippen LogP) is 1.08. The number of unbranched alkanes of at least 4 members (excludes halogenated alkanes) is 2. The minimum atomic E-state index is -1.98. The monoisotopic (exact) mass is 415 g/mol. The number of hydrogen-bond donors (Lipinski definition) is 2. The number of alkyl halides is 1. The summed E-state index contributed by atoms with van der Waals surface area (Å²) in [5.41, 5.74) is 10.2. The van der Waals surface area contributed by atoms with Crippen LogP contribution < -0.4 is 11.5 Å². The molecule has 0 spiro atoms. The Labute approximate surface area is 156 Å². The second-order valence-electron chi connectivity index (χ2n) is 4.81. The van der Waals surface area contributed by atoms with Crippen molar-refractivity contribution in [2.24, 2.45) is 11.5 Å². The Kier molecular flexibility index (Phi) is 11.6. The Morgan fingerprint density at radius 1 is 1.20 bits per heavy atom. The van der Waals surface area contributed by atoms with E-state index in [4.69, 9.17) is 34.3 Å². The Morgan fingerprint density at radius 2 is 1.76 bits per heavy atom. The summed E-state index contributed by atoms with van der Waals surface area (Å²) in [6.07, 6.45) is 4.42. The van der Waals surface area contributed by atoms with E-state index in [0.29, 0.717) is 25.8 Å². The number of amides is 2. The van der Waals surface area contributed by atoms with Crippen molar-refractivity contribution in [1.82, 2.24) is 4.90 Å². The number of nitrogens with zero attached hydrogens (tertiary/aromatic N) is 1. The van der Waals surface area contributed by atoms with E-state index in [1.807, 2.05) is 0 Å². The van der Waals surface area contributed by atoms with Gasteiger partial charge in [0.15, 0.2) is 8.16 Å². The third-order valence-corrected chi connectivity index (χ3v) is 3.29. The van der Waals surface area contributed by atoms with E-state index in [2.05, 4.69) is 9.26 Å². The van der Waals surface area contributed by atoms with Crippen molar-refractivity contribution in [3.05, 3.63) is 12.2 Å². The molecule has 0 saturated carbocycles. The largest absolute Gasteiger partial charge is 0.431 e. The lowest BCUT2D eigenvalue weighted by Crippen LogP contribution is -2.47. The molecule has 9 nitrogen and oxygen atoms in total. The van der Waals surface area contributed by atoms with Crippen LogP contribution in [0.25, 0.3) is 0 Å². The molecule has 1 unspecified atom stereocenters. The molecule has 0 aliphatic carbocycles. The molecule has 1 aliphatic heterocycles. The number of ether oxygens (including phenoxy) is 1. The SMILES string of the molecule is CC(=O)OPCl.NC(N)(Cl)OC(=O)CCCCCN1C(=O)C=CC1=O. The highest BCUT2D eigenvalue weighted by Crippen LogP contribution is 2.16. The maximum absolute atomic E-state index is 11.2. The van der Waals surface area contributed by atoms with Gasteiger partial charge in [-0.25, -0.2) is 0 Å². The van der Waals surface area contributed by atoms with Crippen molar-refractivity contribution in [2.45, 2.75) is 37.9 Å². The smallest absolute Gasteiger partial charge is 0.309 e. The van der Waals surface area contributed by atoms with Gasteiger partial charge >= 0.3 is 11.9 Å². The van der Waals surface area contributed by atoms with Crippen LogP contribution in [0.15, 0.2) is 12.2 Å². The molecule has 1 atom stereocenters. The van der Waals surface area contributed by atoms with Gasteiger partial charge in [-0.2, -0.15) is 0 Å². The Balaban J connectivity index is 0.000000823. The highest BCUT2D eigenvalue weighted by atomic mass is 35.7. The number of imide groups is 1. The second-order valence-corrected chi connectivity index (χ2v) is 6.23. The molecule has 0 radical (unpaired) electrons. The van der Waals surface area contributed by atoms with Crippen molar-refractivity contribution in [2.75, 3.05) is 6.54 Å². The van der Waals surface area contributed by atoms with Gasteiger partial charge in [-0.05, 0) is 24.4 Å². The topological polar surface area (TPSA) is 142 Å². The van der Waals surface area contributed by atoms with E-state index < -0.39 is 11.3 Å². The van der Waals surface area contributed by atoms with E-state index in [1.165, 1.54) is 19.1 Å². The summed E-state index contributed by atoms with van der Waals surface area (Å²) in [7, 11) is -0.239. The van der Waals surface area contributed by atoms with Crippen molar-refractivity contribution in [3.63, 3.8) is 0 Å². The number of nitrogens with two attached hydrogens (primary N) is 2. The van der Waals surface area contributed by atoms with Crippen LogP contribution in [0.1, 0.15) is 32.6 Å². The highest BCUT2D eigenvalue weighted by molar-refractivity contribution is 7.64. The first-order valence-corrected chi connectivity index (χ1v) is 9.41. The lowest BCUT2D eigenvalue weighted by Gasteiger charge is -2.16. The standard InChI is InChI=1S/C11H16ClN3O4.C2H4ClO2P/c12-11(13,14)19-10(18)4-2-1-3-7-15-8(16)5-6-9(15)17;1-2(4)5-6-3/h5-6H,1-4,7,13-14H2;6H,1H3. The third-order valence-electron chi connectivity index (χ3n) is 2.62. The van der Waals surface area contributed by atoms with Gasteiger partial charge in [0.2, 0.25) is 0 Å². The van der Waals surface area contributed by atoms with Gasteiger partial charge in [0.1, 0.15) is 0 Å². The summed E-state index contributed by atoms with van der Waals surface area (Å²) in [5, 5.41) is -1.98. The average molecular weight is 416 g/mol. The normalized spacial score (nSPS) is 13.9. The molecule has 12 heteroatoms. The van der Waals surface area contributed by atoms with Gasteiger partial charge in [-0.15, -0.1) is 0 Å². The summed E-state index contributed by atoms with van der Waals surface area (Å²) >= 11 is 10.3. The zero-order valence-corrected chi connectivity index (χ0v) is 16.0. The first kappa shape index (κ1) is 23.8. The van der Waals surface area contributed by atoms with Gasteiger partial charge in [0, 0.05) is 32.0 Å². The van der Waals surface area contributed by atoms with Crippen LogP contribution in [-0.4, -0.2) is 40.5 Å². The fourth-order valence-corrected chi connectivity index (χ4v) is 2.17. The molecule has 0 aromatic heterocycles. The van der Waals surface area contributed by atoms with Gasteiger partial charge in [0.05, 0.1) is 0 Å². The molecule has 0 saturated heterocycles. The number of hydrogen-bond acceptors (Lipinski definition) is 8. The Hall–Kier alpha value is -1.25. The number of esters is 1. The highest BCUT2D eigenvalue weighted by Gasteiger charge is 2.22. The van der Waals surface area contributed by atoms with Crippen LogP contribution in [0.5, 0.6) is 0 Å². The van der Waals surface area contributed by atoms with Gasteiger partial charge in [0.25, 0.3) is 17.1 Å².